The molecule has 16 heavy (non-hydrogen) atoms. The van der Waals surface area contributed by atoms with Gasteiger partial charge in [-0.05, 0) is 24.1 Å². The average Bonchev–Trinajstić information content (AvgIpc) is 2.25. The summed E-state index contributed by atoms with van der Waals surface area (Å²) in [5.74, 6) is 0. The van der Waals surface area contributed by atoms with E-state index in [0.717, 1.165) is 12.1 Å². The number of rotatable bonds is 4. The molecular weight excluding hydrogens is 219 g/mol. The highest BCUT2D eigenvalue weighted by Gasteiger charge is 2.29. The first-order valence-electron chi connectivity index (χ1n) is 5.01. The van der Waals surface area contributed by atoms with Crippen molar-refractivity contribution < 1.29 is 18.3 Å². The van der Waals surface area contributed by atoms with E-state index in [2.05, 4.69) is 5.32 Å². The fourth-order valence-corrected chi connectivity index (χ4v) is 1.19. The zero-order valence-corrected chi connectivity index (χ0v) is 8.88. The number of nitrogens with one attached hydrogen (secondary N) is 1. The average molecular weight is 233 g/mol. The lowest BCUT2D eigenvalue weighted by molar-refractivity contribution is -0.137. The number of hydrogen-bond acceptors (Lipinski definition) is 2. The minimum absolute atomic E-state index is 0.354. The Morgan fingerprint density at radius 1 is 1.25 bits per heavy atom. The van der Waals surface area contributed by atoms with Gasteiger partial charge >= 0.3 is 6.18 Å². The van der Waals surface area contributed by atoms with Crippen LogP contribution in [0.1, 0.15) is 24.5 Å². The molecule has 2 N–H and O–H groups in total. The summed E-state index contributed by atoms with van der Waals surface area (Å²) >= 11 is 0. The van der Waals surface area contributed by atoms with Crippen LogP contribution in [0, 0.1) is 0 Å². The first kappa shape index (κ1) is 13.0. The van der Waals surface area contributed by atoms with Crippen molar-refractivity contribution in [3.05, 3.63) is 35.4 Å². The Labute approximate surface area is 92.1 Å². The van der Waals surface area contributed by atoms with Crippen LogP contribution < -0.4 is 5.32 Å². The van der Waals surface area contributed by atoms with Gasteiger partial charge in [-0.2, -0.15) is 13.2 Å². The molecule has 0 spiro atoms. The lowest BCUT2D eigenvalue weighted by atomic mass is 10.1. The molecule has 2 nitrogen and oxygen atoms in total. The second kappa shape index (κ2) is 5.32. The lowest BCUT2D eigenvalue weighted by Gasteiger charge is -2.11. The predicted octanol–water partition coefficient (Wildman–Crippen LogP) is 2.52. The normalized spacial score (nSPS) is 13.8. The molecule has 0 amide bonds. The molecule has 0 aromatic heterocycles. The monoisotopic (exact) mass is 233 g/mol. The maximum absolute atomic E-state index is 12.2. The van der Waals surface area contributed by atoms with Crippen LogP contribution in [0.4, 0.5) is 13.2 Å². The van der Waals surface area contributed by atoms with E-state index in [1.54, 1.807) is 0 Å². The minimum Gasteiger partial charge on any atom is -0.379 e. The SMILES string of the molecule is CCC(O)NCc1ccc(C(F)(F)F)cc1. The molecule has 0 aliphatic carbocycles. The third-order valence-corrected chi connectivity index (χ3v) is 2.21. The van der Waals surface area contributed by atoms with E-state index in [4.69, 9.17) is 0 Å². The highest BCUT2D eigenvalue weighted by Crippen LogP contribution is 2.28. The van der Waals surface area contributed by atoms with Crippen molar-refractivity contribution in [2.45, 2.75) is 32.3 Å². The molecule has 1 unspecified atom stereocenters. The third-order valence-electron chi connectivity index (χ3n) is 2.21. The van der Waals surface area contributed by atoms with E-state index in [0.29, 0.717) is 18.5 Å². The Balaban J connectivity index is 2.58. The molecule has 0 aliphatic rings. The van der Waals surface area contributed by atoms with Gasteiger partial charge in [-0.1, -0.05) is 19.1 Å². The molecule has 0 saturated carbocycles. The van der Waals surface area contributed by atoms with E-state index in [1.807, 2.05) is 6.92 Å². The van der Waals surface area contributed by atoms with Gasteiger partial charge in [0.15, 0.2) is 0 Å². The minimum atomic E-state index is -4.30. The summed E-state index contributed by atoms with van der Waals surface area (Å²) in [6.07, 6.45) is -4.36. The summed E-state index contributed by atoms with van der Waals surface area (Å²) in [6, 6.07) is 4.88. The molecule has 5 heteroatoms. The van der Waals surface area contributed by atoms with Gasteiger partial charge in [0, 0.05) is 6.54 Å². The van der Waals surface area contributed by atoms with E-state index in [-0.39, 0.29) is 0 Å². The molecule has 1 aromatic rings. The van der Waals surface area contributed by atoms with Crippen LogP contribution in [0.3, 0.4) is 0 Å². The van der Waals surface area contributed by atoms with Crippen LogP contribution in [-0.4, -0.2) is 11.3 Å². The number of hydrogen-bond donors (Lipinski definition) is 2. The van der Waals surface area contributed by atoms with Crippen molar-refractivity contribution in [3.8, 4) is 0 Å². The fraction of sp³-hybridized carbons (Fsp3) is 0.455. The van der Waals surface area contributed by atoms with Crippen LogP contribution in [0.15, 0.2) is 24.3 Å². The van der Waals surface area contributed by atoms with Crippen molar-refractivity contribution in [1.29, 1.82) is 0 Å². The predicted molar refractivity (Wildman–Crippen MR) is 54.6 cm³/mol. The van der Waals surface area contributed by atoms with Crippen molar-refractivity contribution in [1.82, 2.24) is 5.32 Å². The maximum atomic E-state index is 12.2. The third kappa shape index (κ3) is 3.83. The van der Waals surface area contributed by atoms with Gasteiger partial charge in [-0.3, -0.25) is 5.32 Å². The smallest absolute Gasteiger partial charge is 0.379 e. The molecule has 0 aliphatic heterocycles. The summed E-state index contributed by atoms with van der Waals surface area (Å²) in [4.78, 5) is 0. The molecule has 90 valence electrons. The Bertz CT molecular complexity index is 321. The van der Waals surface area contributed by atoms with Crippen molar-refractivity contribution >= 4 is 0 Å². The molecule has 0 radical (unpaired) electrons. The van der Waals surface area contributed by atoms with Gasteiger partial charge in [0.25, 0.3) is 0 Å². The van der Waals surface area contributed by atoms with Crippen LogP contribution in [0.5, 0.6) is 0 Å². The highest BCUT2D eigenvalue weighted by atomic mass is 19.4. The second-order valence-electron chi connectivity index (χ2n) is 3.50. The summed E-state index contributed by atoms with van der Waals surface area (Å²) < 4.78 is 36.7. The number of benzene rings is 1. The van der Waals surface area contributed by atoms with Crippen molar-refractivity contribution in [2.24, 2.45) is 0 Å². The number of alkyl halides is 3. The Kier molecular flexibility index (Phi) is 4.32. The number of halogens is 3. The molecule has 0 bridgehead atoms. The Morgan fingerprint density at radius 2 is 1.81 bits per heavy atom. The highest BCUT2D eigenvalue weighted by molar-refractivity contribution is 5.24. The molecule has 0 fully saturated rings. The summed E-state index contributed by atoms with van der Waals surface area (Å²) in [6.45, 7) is 2.16. The summed E-state index contributed by atoms with van der Waals surface area (Å²) in [7, 11) is 0. The Morgan fingerprint density at radius 3 is 2.25 bits per heavy atom. The topological polar surface area (TPSA) is 32.3 Å². The van der Waals surface area contributed by atoms with Gasteiger partial charge in [0.05, 0.1) is 5.56 Å². The van der Waals surface area contributed by atoms with Crippen molar-refractivity contribution in [2.75, 3.05) is 0 Å². The zero-order valence-electron chi connectivity index (χ0n) is 8.88. The molecular formula is C11H14F3NO. The van der Waals surface area contributed by atoms with Crippen molar-refractivity contribution in [3.63, 3.8) is 0 Å². The Hall–Kier alpha value is -1.07. The lowest BCUT2D eigenvalue weighted by Crippen LogP contribution is -2.27. The van der Waals surface area contributed by atoms with Crippen LogP contribution in [-0.2, 0) is 12.7 Å². The first-order valence-corrected chi connectivity index (χ1v) is 5.01. The standard InChI is InChI=1S/C11H14F3NO/c1-2-10(16)15-7-8-3-5-9(6-4-8)11(12,13)14/h3-6,10,15-16H,2,7H2,1H3. The maximum Gasteiger partial charge on any atom is 0.416 e. The van der Waals surface area contributed by atoms with Gasteiger partial charge in [0.1, 0.15) is 6.23 Å². The fourth-order valence-electron chi connectivity index (χ4n) is 1.19. The van der Waals surface area contributed by atoms with Crippen LogP contribution >= 0.6 is 0 Å². The largest absolute Gasteiger partial charge is 0.416 e. The van der Waals surface area contributed by atoms with E-state index < -0.39 is 18.0 Å². The molecule has 1 rings (SSSR count). The van der Waals surface area contributed by atoms with Gasteiger partial charge < -0.3 is 5.11 Å². The molecule has 0 heterocycles. The van der Waals surface area contributed by atoms with E-state index in [9.17, 15) is 18.3 Å². The molecule has 1 atom stereocenters. The van der Waals surface area contributed by atoms with Gasteiger partial charge in [-0.25, -0.2) is 0 Å². The quantitative estimate of drug-likeness (QED) is 0.783. The number of aliphatic hydroxyl groups excluding tert-OH is 1. The summed E-state index contributed by atoms with van der Waals surface area (Å²) in [5.41, 5.74) is 0.0489. The van der Waals surface area contributed by atoms with Gasteiger partial charge in [-0.15, -0.1) is 0 Å². The number of aliphatic hydroxyl groups is 1. The van der Waals surface area contributed by atoms with E-state index >= 15 is 0 Å². The zero-order chi connectivity index (χ0) is 12.2. The molecule has 1 aromatic carbocycles. The first-order chi connectivity index (χ1) is 7.43. The summed E-state index contributed by atoms with van der Waals surface area (Å²) in [5, 5.41) is 12.0. The van der Waals surface area contributed by atoms with Crippen LogP contribution in [0.2, 0.25) is 0 Å². The second-order valence-corrected chi connectivity index (χ2v) is 3.50. The molecule has 0 saturated heterocycles. The van der Waals surface area contributed by atoms with Gasteiger partial charge in [0.2, 0.25) is 0 Å². The van der Waals surface area contributed by atoms with Crippen LogP contribution in [0.25, 0.3) is 0 Å². The van der Waals surface area contributed by atoms with E-state index in [1.165, 1.54) is 12.1 Å².